The summed E-state index contributed by atoms with van der Waals surface area (Å²) in [5.41, 5.74) is -0.480. The van der Waals surface area contributed by atoms with Crippen LogP contribution < -0.4 is 5.32 Å². The van der Waals surface area contributed by atoms with Crippen LogP contribution in [-0.2, 0) is 9.59 Å². The minimum Gasteiger partial charge on any atom is -0.481 e. The molecule has 7 heteroatoms. The van der Waals surface area contributed by atoms with E-state index in [9.17, 15) is 18.4 Å². The van der Waals surface area contributed by atoms with Gasteiger partial charge in [-0.1, -0.05) is 6.07 Å². The summed E-state index contributed by atoms with van der Waals surface area (Å²) in [5, 5.41) is 11.0. The summed E-state index contributed by atoms with van der Waals surface area (Å²) >= 11 is 0. The maximum absolute atomic E-state index is 13.3. The van der Waals surface area contributed by atoms with Crippen LogP contribution in [0.1, 0.15) is 6.42 Å². The summed E-state index contributed by atoms with van der Waals surface area (Å²) < 4.78 is 26.7. The molecule has 1 aromatic carbocycles. The smallest absolute Gasteiger partial charge is 0.307 e. The first-order valence-corrected chi connectivity index (χ1v) is 6.16. The third kappa shape index (κ3) is 3.30. The highest BCUT2D eigenvalue weighted by atomic mass is 19.1. The molecule has 0 aromatic heterocycles. The Morgan fingerprint density at radius 2 is 2.00 bits per heavy atom. The van der Waals surface area contributed by atoms with E-state index < -0.39 is 35.1 Å². The molecule has 1 aliphatic heterocycles. The Balaban J connectivity index is 1.92. The van der Waals surface area contributed by atoms with Gasteiger partial charge in [-0.05, 0) is 25.1 Å². The lowest BCUT2D eigenvalue weighted by Gasteiger charge is -2.15. The third-order valence-electron chi connectivity index (χ3n) is 3.22. The molecule has 1 aromatic rings. The molecule has 2 N–H and O–H groups in total. The lowest BCUT2D eigenvalue weighted by Crippen LogP contribution is -2.32. The van der Waals surface area contributed by atoms with Gasteiger partial charge in [0.1, 0.15) is 17.3 Å². The quantitative estimate of drug-likeness (QED) is 0.874. The molecule has 1 amide bonds. The Bertz CT molecular complexity index is 516. The molecular weight excluding hydrogens is 270 g/mol. The highest BCUT2D eigenvalue weighted by Crippen LogP contribution is 2.19. The van der Waals surface area contributed by atoms with Gasteiger partial charge in [0, 0.05) is 6.54 Å². The van der Waals surface area contributed by atoms with Crippen molar-refractivity contribution in [2.24, 2.45) is 5.92 Å². The third-order valence-corrected chi connectivity index (χ3v) is 3.22. The van der Waals surface area contributed by atoms with Crippen molar-refractivity contribution in [1.82, 2.24) is 4.90 Å². The van der Waals surface area contributed by atoms with Crippen LogP contribution >= 0.6 is 0 Å². The van der Waals surface area contributed by atoms with Gasteiger partial charge in [0.25, 0.3) is 0 Å². The number of para-hydroxylation sites is 1. The fourth-order valence-electron chi connectivity index (χ4n) is 2.18. The molecule has 5 nitrogen and oxygen atoms in total. The number of nitrogens with one attached hydrogen (secondary N) is 1. The van der Waals surface area contributed by atoms with Crippen molar-refractivity contribution in [2.75, 3.05) is 25.0 Å². The van der Waals surface area contributed by atoms with Crippen molar-refractivity contribution in [3.05, 3.63) is 29.8 Å². The molecule has 20 heavy (non-hydrogen) atoms. The maximum Gasteiger partial charge on any atom is 0.307 e. The number of benzene rings is 1. The number of carboxylic acids is 1. The molecule has 0 spiro atoms. The van der Waals surface area contributed by atoms with E-state index in [-0.39, 0.29) is 13.1 Å². The lowest BCUT2D eigenvalue weighted by molar-refractivity contribution is -0.141. The number of hydrogen-bond acceptors (Lipinski definition) is 3. The first-order chi connectivity index (χ1) is 9.47. The zero-order valence-corrected chi connectivity index (χ0v) is 10.6. The Hall–Kier alpha value is -2.02. The average Bonchev–Trinajstić information content (AvgIpc) is 2.82. The first-order valence-electron chi connectivity index (χ1n) is 6.16. The van der Waals surface area contributed by atoms with E-state index in [4.69, 9.17) is 5.11 Å². The van der Waals surface area contributed by atoms with Crippen LogP contribution in [0.25, 0.3) is 0 Å². The number of likely N-dealkylation sites (tertiary alicyclic amines) is 1. The molecule has 0 saturated carbocycles. The Morgan fingerprint density at radius 1 is 1.35 bits per heavy atom. The van der Waals surface area contributed by atoms with E-state index in [1.807, 2.05) is 0 Å². The van der Waals surface area contributed by atoms with Crippen molar-refractivity contribution in [2.45, 2.75) is 6.42 Å². The topological polar surface area (TPSA) is 69.6 Å². The minimum atomic E-state index is -0.895. The van der Waals surface area contributed by atoms with Gasteiger partial charge in [0.05, 0.1) is 12.5 Å². The predicted molar refractivity (Wildman–Crippen MR) is 67.2 cm³/mol. The lowest BCUT2D eigenvalue weighted by atomic mass is 10.1. The molecular formula is C13H14F2N2O3. The maximum atomic E-state index is 13.3. The van der Waals surface area contributed by atoms with Crippen molar-refractivity contribution >= 4 is 17.6 Å². The van der Waals surface area contributed by atoms with Gasteiger partial charge in [-0.25, -0.2) is 8.78 Å². The Labute approximate surface area is 114 Å². The fourth-order valence-corrected chi connectivity index (χ4v) is 2.18. The first kappa shape index (κ1) is 14.4. The average molecular weight is 284 g/mol. The van der Waals surface area contributed by atoms with Crippen LogP contribution in [0.2, 0.25) is 0 Å². The van der Waals surface area contributed by atoms with E-state index in [2.05, 4.69) is 5.32 Å². The van der Waals surface area contributed by atoms with Gasteiger partial charge < -0.3 is 10.4 Å². The van der Waals surface area contributed by atoms with Gasteiger partial charge in [-0.15, -0.1) is 0 Å². The Morgan fingerprint density at radius 3 is 2.55 bits per heavy atom. The van der Waals surface area contributed by atoms with Crippen molar-refractivity contribution < 1.29 is 23.5 Å². The number of aliphatic carboxylic acids is 1. The second-order valence-electron chi connectivity index (χ2n) is 4.70. The monoisotopic (exact) mass is 284 g/mol. The molecule has 1 heterocycles. The normalized spacial score (nSPS) is 19.0. The number of halogens is 2. The number of amides is 1. The molecule has 1 saturated heterocycles. The molecule has 0 bridgehead atoms. The number of nitrogens with zero attached hydrogens (tertiary/aromatic N) is 1. The molecule has 1 unspecified atom stereocenters. The van der Waals surface area contributed by atoms with Gasteiger partial charge >= 0.3 is 5.97 Å². The van der Waals surface area contributed by atoms with E-state index >= 15 is 0 Å². The van der Waals surface area contributed by atoms with Crippen LogP contribution in [0.5, 0.6) is 0 Å². The molecule has 2 rings (SSSR count). The van der Waals surface area contributed by atoms with Crippen LogP contribution in [-0.4, -0.2) is 41.5 Å². The highest BCUT2D eigenvalue weighted by Gasteiger charge is 2.29. The fraction of sp³-hybridized carbons (Fsp3) is 0.385. The van der Waals surface area contributed by atoms with Crippen LogP contribution in [0.3, 0.4) is 0 Å². The second kappa shape index (κ2) is 5.96. The summed E-state index contributed by atoms with van der Waals surface area (Å²) in [6.45, 7) is 0.657. The summed E-state index contributed by atoms with van der Waals surface area (Å²) in [7, 11) is 0. The highest BCUT2D eigenvalue weighted by molar-refractivity contribution is 5.92. The van der Waals surface area contributed by atoms with Crippen LogP contribution in [0, 0.1) is 17.6 Å². The van der Waals surface area contributed by atoms with Crippen molar-refractivity contribution in [3.8, 4) is 0 Å². The molecule has 1 atom stereocenters. The Kier molecular flexibility index (Phi) is 4.29. The summed E-state index contributed by atoms with van der Waals surface area (Å²) in [6, 6.07) is 3.31. The van der Waals surface area contributed by atoms with E-state index in [1.54, 1.807) is 4.90 Å². The molecule has 1 aliphatic rings. The van der Waals surface area contributed by atoms with Crippen molar-refractivity contribution in [1.29, 1.82) is 0 Å². The number of carbonyl (C=O) groups excluding carboxylic acids is 1. The standard InChI is InChI=1S/C13H14F2N2O3/c14-9-2-1-3-10(15)12(9)16-11(18)7-17-5-4-8(6-17)13(19)20/h1-3,8H,4-7H2,(H,16,18)(H,19,20). The van der Waals surface area contributed by atoms with E-state index in [0.29, 0.717) is 13.0 Å². The summed E-state index contributed by atoms with van der Waals surface area (Å²) in [6.07, 6.45) is 0.469. The van der Waals surface area contributed by atoms with E-state index in [0.717, 1.165) is 12.1 Å². The SMILES string of the molecule is O=C(CN1CCC(C(=O)O)C1)Nc1c(F)cccc1F. The molecule has 0 radical (unpaired) electrons. The van der Waals surface area contributed by atoms with Gasteiger partial charge in [0.2, 0.25) is 5.91 Å². The van der Waals surface area contributed by atoms with Gasteiger partial charge in [-0.2, -0.15) is 0 Å². The van der Waals surface area contributed by atoms with Gasteiger partial charge in [0.15, 0.2) is 0 Å². The number of carboxylic acid groups (broad SMARTS) is 1. The molecule has 0 aliphatic carbocycles. The largest absolute Gasteiger partial charge is 0.481 e. The summed E-state index contributed by atoms with van der Waals surface area (Å²) in [4.78, 5) is 24.1. The van der Waals surface area contributed by atoms with Crippen LogP contribution in [0.15, 0.2) is 18.2 Å². The zero-order valence-electron chi connectivity index (χ0n) is 10.6. The number of hydrogen-bond donors (Lipinski definition) is 2. The predicted octanol–water partition coefficient (Wildman–Crippen LogP) is 1.31. The molecule has 108 valence electrons. The van der Waals surface area contributed by atoms with Gasteiger partial charge in [-0.3, -0.25) is 14.5 Å². The van der Waals surface area contributed by atoms with Crippen molar-refractivity contribution in [3.63, 3.8) is 0 Å². The van der Waals surface area contributed by atoms with Crippen LogP contribution in [0.4, 0.5) is 14.5 Å². The minimum absolute atomic E-state index is 0.0858. The van der Waals surface area contributed by atoms with E-state index in [1.165, 1.54) is 6.07 Å². The number of anilines is 1. The second-order valence-corrected chi connectivity index (χ2v) is 4.70. The number of rotatable bonds is 4. The summed E-state index contributed by atoms with van der Waals surface area (Å²) in [5.74, 6) is -3.65. The number of carbonyl (C=O) groups is 2. The zero-order chi connectivity index (χ0) is 14.7. The molecule has 1 fully saturated rings.